The second-order valence-corrected chi connectivity index (χ2v) is 7.25. The van der Waals surface area contributed by atoms with E-state index >= 15 is 0 Å². The average Bonchev–Trinajstić information content (AvgIpc) is 2.82. The molecular weight excluding hydrogens is 284 g/mol. The second kappa shape index (κ2) is 4.93. The first-order chi connectivity index (χ1) is 10.2. The Hall–Kier alpha value is -1.17. The molecule has 1 amide bonds. The molecule has 3 saturated carbocycles. The zero-order valence-electron chi connectivity index (χ0n) is 12.3. The van der Waals surface area contributed by atoms with Crippen LogP contribution in [0.4, 0.5) is 0 Å². The lowest BCUT2D eigenvalue weighted by Gasteiger charge is -2.11. The van der Waals surface area contributed by atoms with E-state index in [0.717, 1.165) is 42.3 Å². The van der Waals surface area contributed by atoms with E-state index in [1.54, 1.807) is 0 Å². The highest BCUT2D eigenvalue weighted by molar-refractivity contribution is 7.71. The Morgan fingerprint density at radius 3 is 2.81 bits per heavy atom. The van der Waals surface area contributed by atoms with E-state index in [0.29, 0.717) is 17.4 Å². The van der Waals surface area contributed by atoms with Crippen molar-refractivity contribution in [2.24, 2.45) is 23.7 Å². The highest BCUT2D eigenvalue weighted by atomic mass is 32.1. The Bertz CT molecular complexity index is 605. The molecule has 1 heterocycles. The van der Waals surface area contributed by atoms with Crippen LogP contribution in [0.1, 0.15) is 38.4 Å². The van der Waals surface area contributed by atoms with E-state index in [4.69, 9.17) is 12.2 Å². The lowest BCUT2D eigenvalue weighted by molar-refractivity contribution is -0.122. The van der Waals surface area contributed by atoms with Crippen LogP contribution in [-0.2, 0) is 17.8 Å². The van der Waals surface area contributed by atoms with Crippen LogP contribution in [0.5, 0.6) is 0 Å². The molecule has 2 N–H and O–H groups in total. The van der Waals surface area contributed by atoms with Gasteiger partial charge in [-0.25, -0.2) is 0 Å². The predicted molar refractivity (Wildman–Crippen MR) is 81.1 cm³/mol. The third-order valence-corrected chi connectivity index (χ3v) is 5.99. The maximum Gasteiger partial charge on any atom is 0.240 e. The molecule has 3 aliphatic carbocycles. The summed E-state index contributed by atoms with van der Waals surface area (Å²) in [5, 5.41) is 10.3. The zero-order chi connectivity index (χ0) is 14.6. The van der Waals surface area contributed by atoms with Crippen LogP contribution in [0.3, 0.4) is 0 Å². The standard InChI is InChI=1S/C15H22N4OS/c1-2-3-10-17-18-15(21)19(10)7-11(20)16-14-12-8-4-5-9(6-8)13(12)14/h8-9,12-14H,2-7H2,1H3,(H,16,20)(H,18,21)/t8-,9-,12+,13+/m0/s1. The van der Waals surface area contributed by atoms with Gasteiger partial charge in [0.2, 0.25) is 5.91 Å². The van der Waals surface area contributed by atoms with E-state index in [1.807, 2.05) is 4.57 Å². The number of rotatable bonds is 5. The summed E-state index contributed by atoms with van der Waals surface area (Å²) in [6, 6.07) is 0.444. The number of nitrogens with zero attached hydrogens (tertiary/aromatic N) is 2. The fourth-order valence-corrected chi connectivity index (χ4v) is 5.04. The van der Waals surface area contributed by atoms with Crippen LogP contribution >= 0.6 is 12.2 Å². The Morgan fingerprint density at radius 2 is 2.14 bits per heavy atom. The van der Waals surface area contributed by atoms with Crippen LogP contribution < -0.4 is 5.32 Å². The van der Waals surface area contributed by atoms with Crippen molar-refractivity contribution in [3.63, 3.8) is 0 Å². The molecule has 4 atom stereocenters. The lowest BCUT2D eigenvalue weighted by Crippen LogP contribution is -2.33. The van der Waals surface area contributed by atoms with Crippen LogP contribution in [0.25, 0.3) is 0 Å². The molecule has 0 saturated heterocycles. The molecule has 4 rings (SSSR count). The zero-order valence-corrected chi connectivity index (χ0v) is 13.2. The largest absolute Gasteiger partial charge is 0.351 e. The van der Waals surface area contributed by atoms with Crippen molar-refractivity contribution in [1.82, 2.24) is 20.1 Å². The molecule has 3 aliphatic rings. The fourth-order valence-electron chi connectivity index (χ4n) is 4.82. The smallest absolute Gasteiger partial charge is 0.240 e. The normalized spacial score (nSPS) is 35.8. The minimum atomic E-state index is 0.0867. The van der Waals surface area contributed by atoms with Gasteiger partial charge in [-0.3, -0.25) is 14.5 Å². The summed E-state index contributed by atoms with van der Waals surface area (Å²) in [4.78, 5) is 12.3. The van der Waals surface area contributed by atoms with Gasteiger partial charge in [0.25, 0.3) is 0 Å². The van der Waals surface area contributed by atoms with E-state index in [-0.39, 0.29) is 5.91 Å². The molecule has 0 radical (unpaired) electrons. The number of aromatic amines is 1. The highest BCUT2D eigenvalue weighted by Gasteiger charge is 2.65. The van der Waals surface area contributed by atoms with Gasteiger partial charge in [0.1, 0.15) is 12.4 Å². The topological polar surface area (TPSA) is 62.7 Å². The van der Waals surface area contributed by atoms with Gasteiger partial charge in [0, 0.05) is 12.5 Å². The molecule has 2 bridgehead atoms. The van der Waals surface area contributed by atoms with Crippen LogP contribution in [0, 0.1) is 28.4 Å². The van der Waals surface area contributed by atoms with Crippen molar-refractivity contribution < 1.29 is 4.79 Å². The molecule has 0 unspecified atom stereocenters. The quantitative estimate of drug-likeness (QED) is 0.819. The van der Waals surface area contributed by atoms with Gasteiger partial charge in [-0.05, 0) is 61.6 Å². The monoisotopic (exact) mass is 306 g/mol. The third kappa shape index (κ3) is 2.15. The van der Waals surface area contributed by atoms with Gasteiger partial charge in [-0.2, -0.15) is 5.10 Å². The number of hydrogen-bond acceptors (Lipinski definition) is 3. The summed E-state index contributed by atoms with van der Waals surface area (Å²) < 4.78 is 2.38. The van der Waals surface area contributed by atoms with Crippen LogP contribution in [0.15, 0.2) is 0 Å². The summed E-state index contributed by atoms with van der Waals surface area (Å²) in [5.41, 5.74) is 0. The van der Waals surface area contributed by atoms with Crippen molar-refractivity contribution in [3.05, 3.63) is 10.6 Å². The maximum atomic E-state index is 12.3. The van der Waals surface area contributed by atoms with E-state index in [2.05, 4.69) is 22.4 Å². The minimum Gasteiger partial charge on any atom is -0.351 e. The summed E-state index contributed by atoms with van der Waals surface area (Å²) in [7, 11) is 0. The Labute approximate surface area is 129 Å². The van der Waals surface area contributed by atoms with Crippen LogP contribution in [0.2, 0.25) is 0 Å². The first-order valence-electron chi connectivity index (χ1n) is 8.12. The molecule has 114 valence electrons. The molecule has 6 heteroatoms. The molecule has 0 aliphatic heterocycles. The second-order valence-electron chi connectivity index (χ2n) is 6.86. The maximum absolute atomic E-state index is 12.3. The minimum absolute atomic E-state index is 0.0867. The number of aryl methyl sites for hydroxylation is 1. The number of amides is 1. The number of nitrogens with one attached hydrogen (secondary N) is 2. The SMILES string of the molecule is CCCc1n[nH]c(=S)n1CC(=O)NC1[C@@H]2[C@H]3CC[C@@H](C3)[C@@H]12. The van der Waals surface area contributed by atoms with Crippen molar-refractivity contribution in [2.75, 3.05) is 0 Å². The Kier molecular flexibility index (Phi) is 3.17. The number of hydrogen-bond donors (Lipinski definition) is 2. The van der Waals surface area contributed by atoms with E-state index < -0.39 is 0 Å². The van der Waals surface area contributed by atoms with Crippen molar-refractivity contribution in [2.45, 2.75) is 51.6 Å². The molecule has 1 aromatic heterocycles. The summed E-state index contributed by atoms with van der Waals surface area (Å²) >= 11 is 5.23. The van der Waals surface area contributed by atoms with Gasteiger partial charge in [-0.15, -0.1) is 0 Å². The summed E-state index contributed by atoms with van der Waals surface area (Å²) in [6.45, 7) is 2.40. The molecule has 3 fully saturated rings. The lowest BCUT2D eigenvalue weighted by atomic mass is 10.0. The van der Waals surface area contributed by atoms with Gasteiger partial charge >= 0.3 is 0 Å². The fraction of sp³-hybridized carbons (Fsp3) is 0.800. The molecule has 0 aromatic carbocycles. The summed E-state index contributed by atoms with van der Waals surface area (Å²) in [5.74, 6) is 4.30. The van der Waals surface area contributed by atoms with Crippen molar-refractivity contribution >= 4 is 18.1 Å². The number of fused-ring (bicyclic) bond motifs is 5. The third-order valence-electron chi connectivity index (χ3n) is 5.68. The van der Waals surface area contributed by atoms with Gasteiger partial charge < -0.3 is 5.32 Å². The Morgan fingerprint density at radius 1 is 1.43 bits per heavy atom. The first kappa shape index (κ1) is 13.5. The molecular formula is C15H22N4OS. The van der Waals surface area contributed by atoms with Gasteiger partial charge in [-0.1, -0.05) is 6.92 Å². The Balaban J connectivity index is 1.39. The van der Waals surface area contributed by atoms with Crippen molar-refractivity contribution in [1.29, 1.82) is 0 Å². The molecule has 5 nitrogen and oxygen atoms in total. The number of H-pyrrole nitrogens is 1. The van der Waals surface area contributed by atoms with E-state index in [9.17, 15) is 4.79 Å². The predicted octanol–water partition coefficient (Wildman–Crippen LogP) is 2.05. The number of aromatic nitrogens is 3. The van der Waals surface area contributed by atoms with E-state index in [1.165, 1.54) is 19.3 Å². The number of carbonyl (C=O) groups excluding carboxylic acids is 1. The number of carbonyl (C=O) groups is 1. The summed E-state index contributed by atoms with van der Waals surface area (Å²) in [6.07, 6.45) is 6.02. The van der Waals surface area contributed by atoms with Crippen molar-refractivity contribution in [3.8, 4) is 0 Å². The first-order valence-corrected chi connectivity index (χ1v) is 8.53. The molecule has 0 spiro atoms. The highest BCUT2D eigenvalue weighted by Crippen LogP contribution is 2.65. The molecule has 21 heavy (non-hydrogen) atoms. The van der Waals surface area contributed by atoms with Gasteiger partial charge in [0.15, 0.2) is 4.77 Å². The van der Waals surface area contributed by atoms with Crippen LogP contribution in [-0.4, -0.2) is 26.7 Å². The average molecular weight is 306 g/mol. The van der Waals surface area contributed by atoms with Gasteiger partial charge in [0.05, 0.1) is 0 Å². The molecule has 1 aromatic rings.